The maximum atomic E-state index is 12.0. The van der Waals surface area contributed by atoms with Crippen molar-refractivity contribution in [1.29, 1.82) is 0 Å². The van der Waals surface area contributed by atoms with E-state index in [4.69, 9.17) is 4.74 Å². The summed E-state index contributed by atoms with van der Waals surface area (Å²) in [7, 11) is 0. The summed E-state index contributed by atoms with van der Waals surface area (Å²) in [5.41, 5.74) is 3.17. The fraction of sp³-hybridized carbons (Fsp3) is 0.100. The fourth-order valence-corrected chi connectivity index (χ4v) is 3.84. The lowest BCUT2D eigenvalue weighted by molar-refractivity contribution is 0.0690. The molecule has 0 aliphatic rings. The second-order valence-corrected chi connectivity index (χ2v) is 6.51. The number of hydrogen-bond donors (Lipinski definition) is 1. The summed E-state index contributed by atoms with van der Waals surface area (Å²) in [4.78, 5) is 17.2. The van der Waals surface area contributed by atoms with Gasteiger partial charge in [-0.15, -0.1) is 11.3 Å². The van der Waals surface area contributed by atoms with E-state index in [1.807, 2.05) is 66.9 Å². The van der Waals surface area contributed by atoms with Crippen LogP contribution in [0.4, 0.5) is 0 Å². The molecule has 2 heterocycles. The Balaban J connectivity index is 1.89. The summed E-state index contributed by atoms with van der Waals surface area (Å²) in [6.07, 6.45) is 0. The molecule has 4 rings (SSSR count). The molecule has 0 atom stereocenters. The standard InChI is InChI=1S/C20H16N2O3S/c1-2-25-15-10-8-13(9-11-15)16-12-26-20-21-17(14-6-4-3-5-7-14)18(19(23)24)22(16)20/h3-12H,2H2,1H3,(H,23,24). The molecule has 130 valence electrons. The molecule has 0 aliphatic carbocycles. The first-order valence-corrected chi connectivity index (χ1v) is 9.09. The number of ether oxygens (including phenoxy) is 1. The van der Waals surface area contributed by atoms with Crippen LogP contribution in [0.3, 0.4) is 0 Å². The zero-order valence-electron chi connectivity index (χ0n) is 14.0. The van der Waals surface area contributed by atoms with E-state index >= 15 is 0 Å². The van der Waals surface area contributed by atoms with Gasteiger partial charge in [0.25, 0.3) is 0 Å². The lowest BCUT2D eigenvalue weighted by atomic mass is 10.1. The number of imidazole rings is 1. The van der Waals surface area contributed by atoms with Crippen LogP contribution >= 0.6 is 11.3 Å². The van der Waals surface area contributed by atoms with E-state index in [2.05, 4.69) is 4.98 Å². The van der Waals surface area contributed by atoms with Crippen LogP contribution in [0.25, 0.3) is 27.5 Å². The van der Waals surface area contributed by atoms with Crippen LogP contribution in [-0.4, -0.2) is 27.1 Å². The molecule has 0 aliphatic heterocycles. The van der Waals surface area contributed by atoms with Crippen LogP contribution < -0.4 is 4.74 Å². The molecular formula is C20H16N2O3S. The SMILES string of the molecule is CCOc1ccc(-c2csc3nc(-c4ccccc4)c(C(=O)O)n23)cc1. The lowest BCUT2D eigenvalue weighted by Gasteiger charge is -2.06. The molecule has 0 radical (unpaired) electrons. The van der Waals surface area contributed by atoms with Crippen molar-refractivity contribution < 1.29 is 14.6 Å². The monoisotopic (exact) mass is 364 g/mol. The molecule has 5 nitrogen and oxygen atoms in total. The number of rotatable bonds is 5. The summed E-state index contributed by atoms with van der Waals surface area (Å²) in [6.45, 7) is 2.54. The van der Waals surface area contributed by atoms with Crippen molar-refractivity contribution in [3.63, 3.8) is 0 Å². The zero-order chi connectivity index (χ0) is 18.1. The van der Waals surface area contributed by atoms with Gasteiger partial charge < -0.3 is 9.84 Å². The quantitative estimate of drug-likeness (QED) is 0.551. The number of thiazole rings is 1. The summed E-state index contributed by atoms with van der Waals surface area (Å²) < 4.78 is 7.19. The predicted octanol–water partition coefficient (Wildman–Crippen LogP) is 4.83. The molecule has 0 amide bonds. The van der Waals surface area contributed by atoms with E-state index in [0.29, 0.717) is 17.3 Å². The minimum absolute atomic E-state index is 0.177. The summed E-state index contributed by atoms with van der Waals surface area (Å²) in [5.74, 6) is -0.210. The van der Waals surface area contributed by atoms with Crippen molar-refractivity contribution in [1.82, 2.24) is 9.38 Å². The maximum absolute atomic E-state index is 12.0. The predicted molar refractivity (Wildman–Crippen MR) is 102 cm³/mol. The van der Waals surface area contributed by atoms with Crippen LogP contribution in [0, 0.1) is 0 Å². The Morgan fingerprint density at radius 3 is 2.50 bits per heavy atom. The highest BCUT2D eigenvalue weighted by molar-refractivity contribution is 7.15. The van der Waals surface area contributed by atoms with E-state index in [9.17, 15) is 9.90 Å². The van der Waals surface area contributed by atoms with E-state index in [0.717, 1.165) is 22.6 Å². The molecule has 6 heteroatoms. The van der Waals surface area contributed by atoms with E-state index in [-0.39, 0.29) is 5.69 Å². The van der Waals surface area contributed by atoms with Gasteiger partial charge in [-0.05, 0) is 36.8 Å². The van der Waals surface area contributed by atoms with E-state index in [1.54, 1.807) is 4.40 Å². The Morgan fingerprint density at radius 1 is 1.12 bits per heavy atom. The van der Waals surface area contributed by atoms with Crippen molar-refractivity contribution >= 4 is 22.3 Å². The molecule has 4 aromatic rings. The third-order valence-corrected chi connectivity index (χ3v) is 4.90. The normalized spacial score (nSPS) is 11.0. The number of nitrogens with zero attached hydrogens (tertiary/aromatic N) is 2. The number of carboxylic acids is 1. The first-order chi connectivity index (χ1) is 12.7. The van der Waals surface area contributed by atoms with Crippen molar-refractivity contribution in [2.24, 2.45) is 0 Å². The molecule has 0 spiro atoms. The maximum Gasteiger partial charge on any atom is 0.355 e. The van der Waals surface area contributed by atoms with Gasteiger partial charge in [0.15, 0.2) is 10.7 Å². The number of carbonyl (C=O) groups is 1. The van der Waals surface area contributed by atoms with Crippen molar-refractivity contribution in [3.8, 4) is 28.3 Å². The highest BCUT2D eigenvalue weighted by Crippen LogP contribution is 2.33. The minimum Gasteiger partial charge on any atom is -0.494 e. The average molecular weight is 364 g/mol. The number of carboxylic acid groups (broad SMARTS) is 1. The Kier molecular flexibility index (Phi) is 4.18. The van der Waals surface area contributed by atoms with E-state index in [1.165, 1.54) is 11.3 Å². The minimum atomic E-state index is -0.998. The Morgan fingerprint density at radius 2 is 1.85 bits per heavy atom. The molecule has 26 heavy (non-hydrogen) atoms. The summed E-state index contributed by atoms with van der Waals surface area (Å²) in [6, 6.07) is 17.0. The lowest BCUT2D eigenvalue weighted by Crippen LogP contribution is -2.04. The highest BCUT2D eigenvalue weighted by atomic mass is 32.1. The molecule has 0 saturated heterocycles. The van der Waals surface area contributed by atoms with Gasteiger partial charge >= 0.3 is 5.97 Å². The van der Waals surface area contributed by atoms with Crippen LogP contribution in [0.2, 0.25) is 0 Å². The fourth-order valence-electron chi connectivity index (χ4n) is 2.94. The van der Waals surface area contributed by atoms with Gasteiger partial charge in [0, 0.05) is 10.9 Å². The van der Waals surface area contributed by atoms with Crippen molar-refractivity contribution in [2.75, 3.05) is 6.61 Å². The summed E-state index contributed by atoms with van der Waals surface area (Å²) >= 11 is 1.43. The summed E-state index contributed by atoms with van der Waals surface area (Å²) in [5, 5.41) is 11.8. The van der Waals surface area contributed by atoms with Gasteiger partial charge in [-0.25, -0.2) is 9.78 Å². The van der Waals surface area contributed by atoms with Crippen molar-refractivity contribution in [2.45, 2.75) is 6.92 Å². The first-order valence-electron chi connectivity index (χ1n) is 8.21. The highest BCUT2D eigenvalue weighted by Gasteiger charge is 2.23. The zero-order valence-corrected chi connectivity index (χ0v) is 14.9. The van der Waals surface area contributed by atoms with Gasteiger partial charge in [0.1, 0.15) is 11.4 Å². The molecule has 0 fully saturated rings. The van der Waals surface area contributed by atoms with Gasteiger partial charge in [-0.3, -0.25) is 4.40 Å². The average Bonchev–Trinajstić information content (AvgIpc) is 3.22. The Bertz CT molecular complexity index is 1070. The third kappa shape index (κ3) is 2.74. The topological polar surface area (TPSA) is 63.8 Å². The Hall–Kier alpha value is -3.12. The molecule has 0 unspecified atom stereocenters. The van der Waals surface area contributed by atoms with Crippen molar-refractivity contribution in [3.05, 3.63) is 65.7 Å². The van der Waals surface area contributed by atoms with Gasteiger partial charge in [0.05, 0.1) is 12.3 Å². The largest absolute Gasteiger partial charge is 0.494 e. The molecule has 0 saturated carbocycles. The molecule has 1 N–H and O–H groups in total. The number of fused-ring (bicyclic) bond motifs is 1. The molecule has 2 aromatic carbocycles. The number of benzene rings is 2. The second-order valence-electron chi connectivity index (χ2n) is 5.68. The van der Waals surface area contributed by atoms with Gasteiger partial charge in [0.2, 0.25) is 0 Å². The smallest absolute Gasteiger partial charge is 0.355 e. The van der Waals surface area contributed by atoms with Gasteiger partial charge in [-0.1, -0.05) is 30.3 Å². The molecular weight excluding hydrogens is 348 g/mol. The van der Waals surface area contributed by atoms with Crippen LogP contribution in [-0.2, 0) is 0 Å². The van der Waals surface area contributed by atoms with Crippen LogP contribution in [0.15, 0.2) is 60.0 Å². The first kappa shape index (κ1) is 16.4. The molecule has 2 aromatic heterocycles. The second kappa shape index (κ2) is 6.65. The number of aromatic carboxylic acids is 1. The molecule has 0 bridgehead atoms. The van der Waals surface area contributed by atoms with Gasteiger partial charge in [-0.2, -0.15) is 0 Å². The number of hydrogen-bond acceptors (Lipinski definition) is 4. The third-order valence-electron chi connectivity index (χ3n) is 4.07. The number of aromatic nitrogens is 2. The van der Waals surface area contributed by atoms with E-state index < -0.39 is 5.97 Å². The Labute approximate surface area is 154 Å². The van der Waals surface area contributed by atoms with Crippen LogP contribution in [0.1, 0.15) is 17.4 Å². The van der Waals surface area contributed by atoms with Crippen LogP contribution in [0.5, 0.6) is 5.75 Å².